The van der Waals surface area contributed by atoms with E-state index in [1.54, 1.807) is 18.2 Å². The number of aryl methyl sites for hydroxylation is 2. The van der Waals surface area contributed by atoms with Gasteiger partial charge in [0.2, 0.25) is 10.0 Å². The number of aromatic nitrogens is 2. The minimum absolute atomic E-state index is 0.215. The molecule has 0 bridgehead atoms. The molecule has 2 heterocycles. The number of fused-ring (bicyclic) bond motifs is 1. The van der Waals surface area contributed by atoms with Gasteiger partial charge >= 0.3 is 0 Å². The Bertz CT molecular complexity index is 802. The molecule has 0 aliphatic carbocycles. The van der Waals surface area contributed by atoms with Crippen LogP contribution in [0.25, 0.3) is 0 Å². The van der Waals surface area contributed by atoms with Crippen LogP contribution in [0.3, 0.4) is 0 Å². The molecule has 1 aromatic carbocycles. The van der Waals surface area contributed by atoms with Gasteiger partial charge in [0.05, 0.1) is 11.4 Å². The molecule has 3 rings (SSSR count). The predicted molar refractivity (Wildman–Crippen MR) is 85.1 cm³/mol. The minimum atomic E-state index is -3.55. The summed E-state index contributed by atoms with van der Waals surface area (Å²) in [6.45, 7) is 8.52. The quantitative estimate of drug-likeness (QED) is 0.925. The van der Waals surface area contributed by atoms with E-state index in [4.69, 9.17) is 0 Å². The van der Waals surface area contributed by atoms with Crippen LogP contribution in [-0.2, 0) is 22.0 Å². The van der Waals surface area contributed by atoms with Crippen molar-refractivity contribution in [2.24, 2.45) is 0 Å². The van der Waals surface area contributed by atoms with Gasteiger partial charge in [0.25, 0.3) is 0 Å². The van der Waals surface area contributed by atoms with E-state index < -0.39 is 10.0 Å². The molecule has 0 radical (unpaired) electrons. The van der Waals surface area contributed by atoms with E-state index in [1.165, 1.54) is 5.56 Å². The SMILES string of the molecule is Cc1n[nH]c(C)c1S(=O)(=O)N1Cc2ccccc2C(C)(C)C1. The summed E-state index contributed by atoms with van der Waals surface area (Å²) >= 11 is 0. The first-order valence-electron chi connectivity index (χ1n) is 7.33. The van der Waals surface area contributed by atoms with E-state index in [-0.39, 0.29) is 5.41 Å². The molecule has 118 valence electrons. The van der Waals surface area contributed by atoms with E-state index in [9.17, 15) is 8.42 Å². The molecule has 1 aliphatic rings. The number of rotatable bonds is 2. The standard InChI is InChI=1S/C16H21N3O2S/c1-11-15(12(2)18-17-11)22(20,21)19-9-13-7-5-6-8-14(13)16(3,4)10-19/h5-8H,9-10H2,1-4H3,(H,17,18). The summed E-state index contributed by atoms with van der Waals surface area (Å²) in [5, 5.41) is 6.79. The highest BCUT2D eigenvalue weighted by atomic mass is 32.2. The van der Waals surface area contributed by atoms with E-state index in [2.05, 4.69) is 30.1 Å². The minimum Gasteiger partial charge on any atom is -0.281 e. The molecule has 0 atom stereocenters. The van der Waals surface area contributed by atoms with Gasteiger partial charge in [-0.05, 0) is 25.0 Å². The van der Waals surface area contributed by atoms with Crippen LogP contribution in [0, 0.1) is 13.8 Å². The van der Waals surface area contributed by atoms with Gasteiger partial charge in [-0.15, -0.1) is 0 Å². The molecule has 0 saturated heterocycles. The summed E-state index contributed by atoms with van der Waals surface area (Å²) in [6.07, 6.45) is 0. The highest BCUT2D eigenvalue weighted by Gasteiger charge is 2.39. The van der Waals surface area contributed by atoms with Crippen LogP contribution < -0.4 is 0 Å². The first-order valence-corrected chi connectivity index (χ1v) is 8.77. The average molecular weight is 319 g/mol. The van der Waals surface area contributed by atoms with Gasteiger partial charge in [-0.3, -0.25) is 5.10 Å². The lowest BCUT2D eigenvalue weighted by Crippen LogP contribution is -2.45. The summed E-state index contributed by atoms with van der Waals surface area (Å²) in [5.41, 5.74) is 3.19. The maximum atomic E-state index is 13.1. The third kappa shape index (κ3) is 2.27. The molecule has 0 saturated carbocycles. The summed E-state index contributed by atoms with van der Waals surface area (Å²) in [4.78, 5) is 0.308. The lowest BCUT2D eigenvalue weighted by molar-refractivity contribution is 0.299. The first kappa shape index (κ1) is 15.2. The highest BCUT2D eigenvalue weighted by molar-refractivity contribution is 7.89. The molecule has 0 spiro atoms. The van der Waals surface area contributed by atoms with Crippen LogP contribution in [0.5, 0.6) is 0 Å². The van der Waals surface area contributed by atoms with Gasteiger partial charge in [-0.1, -0.05) is 38.1 Å². The molecular weight excluding hydrogens is 298 g/mol. The Morgan fingerprint density at radius 2 is 1.91 bits per heavy atom. The summed E-state index contributed by atoms with van der Waals surface area (Å²) in [5.74, 6) is 0. The zero-order chi connectivity index (χ0) is 16.1. The second-order valence-corrected chi connectivity index (χ2v) is 8.45. The third-order valence-corrected chi connectivity index (χ3v) is 6.38. The molecular formula is C16H21N3O2S. The number of nitrogens with one attached hydrogen (secondary N) is 1. The highest BCUT2D eigenvalue weighted by Crippen LogP contribution is 2.36. The second-order valence-electron chi connectivity index (χ2n) is 6.58. The number of sulfonamides is 1. The number of nitrogens with zero attached hydrogens (tertiary/aromatic N) is 2. The Balaban J connectivity index is 2.08. The van der Waals surface area contributed by atoms with Crippen molar-refractivity contribution in [3.63, 3.8) is 0 Å². The zero-order valence-corrected chi connectivity index (χ0v) is 14.2. The topological polar surface area (TPSA) is 66.1 Å². The average Bonchev–Trinajstić information content (AvgIpc) is 2.78. The van der Waals surface area contributed by atoms with Gasteiger partial charge in [-0.25, -0.2) is 8.42 Å². The first-order chi connectivity index (χ1) is 10.2. The third-order valence-electron chi connectivity index (χ3n) is 4.32. The monoisotopic (exact) mass is 319 g/mol. The number of hydrogen-bond donors (Lipinski definition) is 1. The number of H-pyrrole nitrogens is 1. The molecule has 0 amide bonds. The number of benzene rings is 1. The van der Waals surface area contributed by atoms with E-state index in [1.807, 2.05) is 18.2 Å². The van der Waals surface area contributed by atoms with Crippen LogP contribution in [0.15, 0.2) is 29.2 Å². The van der Waals surface area contributed by atoms with Gasteiger partial charge < -0.3 is 0 Å². The Morgan fingerprint density at radius 1 is 1.23 bits per heavy atom. The van der Waals surface area contributed by atoms with Crippen molar-refractivity contribution in [2.45, 2.75) is 44.6 Å². The maximum absolute atomic E-state index is 13.1. The fourth-order valence-electron chi connectivity index (χ4n) is 3.31. The van der Waals surface area contributed by atoms with E-state index in [0.29, 0.717) is 29.4 Å². The van der Waals surface area contributed by atoms with Gasteiger partial charge in [-0.2, -0.15) is 9.40 Å². The lowest BCUT2D eigenvalue weighted by Gasteiger charge is -2.39. The van der Waals surface area contributed by atoms with Crippen LogP contribution >= 0.6 is 0 Å². The Morgan fingerprint density at radius 3 is 2.55 bits per heavy atom. The van der Waals surface area contributed by atoms with Crippen LogP contribution in [0.1, 0.15) is 36.4 Å². The summed E-state index contributed by atoms with van der Waals surface area (Å²) in [7, 11) is -3.55. The van der Waals surface area contributed by atoms with Crippen molar-refractivity contribution < 1.29 is 8.42 Å². The van der Waals surface area contributed by atoms with Gasteiger partial charge in [0, 0.05) is 18.5 Å². The second kappa shape index (κ2) is 4.93. The molecule has 1 aliphatic heterocycles. The van der Waals surface area contributed by atoms with Gasteiger partial charge in [0.15, 0.2) is 0 Å². The lowest BCUT2D eigenvalue weighted by atomic mass is 9.79. The van der Waals surface area contributed by atoms with Crippen LogP contribution in [0.4, 0.5) is 0 Å². The van der Waals surface area contributed by atoms with Crippen molar-refractivity contribution >= 4 is 10.0 Å². The van der Waals surface area contributed by atoms with Crippen molar-refractivity contribution in [2.75, 3.05) is 6.54 Å². The molecule has 1 N–H and O–H groups in total. The molecule has 5 nitrogen and oxygen atoms in total. The number of aromatic amines is 1. The predicted octanol–water partition coefficient (Wildman–Crippen LogP) is 2.51. The largest absolute Gasteiger partial charge is 0.281 e. The zero-order valence-electron chi connectivity index (χ0n) is 13.3. The molecule has 0 fully saturated rings. The molecule has 2 aromatic rings. The van der Waals surface area contributed by atoms with Crippen LogP contribution in [-0.4, -0.2) is 29.5 Å². The van der Waals surface area contributed by atoms with Crippen molar-refractivity contribution in [1.82, 2.24) is 14.5 Å². The maximum Gasteiger partial charge on any atom is 0.247 e. The normalized spacial score (nSPS) is 18.2. The Kier molecular flexibility index (Phi) is 3.41. The van der Waals surface area contributed by atoms with Gasteiger partial charge in [0.1, 0.15) is 4.90 Å². The molecule has 6 heteroatoms. The fraction of sp³-hybridized carbons (Fsp3) is 0.438. The molecule has 0 unspecified atom stereocenters. The van der Waals surface area contributed by atoms with Crippen molar-refractivity contribution in [3.8, 4) is 0 Å². The van der Waals surface area contributed by atoms with E-state index in [0.717, 1.165) is 5.56 Å². The number of hydrogen-bond acceptors (Lipinski definition) is 3. The Hall–Kier alpha value is -1.66. The fourth-order valence-corrected chi connectivity index (χ4v) is 5.22. The van der Waals surface area contributed by atoms with Crippen LogP contribution in [0.2, 0.25) is 0 Å². The Labute approximate surface area is 131 Å². The van der Waals surface area contributed by atoms with Crippen molar-refractivity contribution in [1.29, 1.82) is 0 Å². The molecule has 22 heavy (non-hydrogen) atoms. The molecule has 1 aromatic heterocycles. The smallest absolute Gasteiger partial charge is 0.247 e. The van der Waals surface area contributed by atoms with E-state index >= 15 is 0 Å². The summed E-state index contributed by atoms with van der Waals surface area (Å²) in [6, 6.07) is 8.07. The van der Waals surface area contributed by atoms with Crippen molar-refractivity contribution in [3.05, 3.63) is 46.8 Å². The summed E-state index contributed by atoms with van der Waals surface area (Å²) < 4.78 is 27.7.